The van der Waals surface area contributed by atoms with E-state index < -0.39 is 0 Å². The van der Waals surface area contributed by atoms with E-state index in [9.17, 15) is 0 Å². The van der Waals surface area contributed by atoms with Gasteiger partial charge in [-0.05, 0) is 18.3 Å². The lowest BCUT2D eigenvalue weighted by molar-refractivity contribution is 0.0240. The SMILES string of the molecule is COC(CN=C(N)N1CCCCCC1)C(C)(C)C. The molecule has 1 aliphatic heterocycles. The van der Waals surface area contributed by atoms with E-state index in [4.69, 9.17) is 10.5 Å². The third-order valence-electron chi connectivity index (χ3n) is 3.60. The van der Waals surface area contributed by atoms with Crippen LogP contribution in [0.4, 0.5) is 0 Å². The number of ether oxygens (including phenoxy) is 1. The van der Waals surface area contributed by atoms with Crippen molar-refractivity contribution in [3.8, 4) is 0 Å². The number of nitrogens with zero attached hydrogens (tertiary/aromatic N) is 2. The molecule has 4 heteroatoms. The first kappa shape index (κ1) is 15.3. The Balaban J connectivity index is 2.53. The highest BCUT2D eigenvalue weighted by atomic mass is 16.5. The molecule has 1 aliphatic rings. The molecule has 1 unspecified atom stereocenters. The molecule has 0 aromatic carbocycles. The Labute approximate surface area is 112 Å². The first-order valence-electron chi connectivity index (χ1n) is 7.03. The summed E-state index contributed by atoms with van der Waals surface area (Å²) in [5.74, 6) is 0.684. The van der Waals surface area contributed by atoms with E-state index in [-0.39, 0.29) is 11.5 Å². The number of rotatable bonds is 3. The van der Waals surface area contributed by atoms with Crippen LogP contribution in [-0.4, -0.2) is 43.7 Å². The largest absolute Gasteiger partial charge is 0.379 e. The normalized spacial score (nSPS) is 20.7. The summed E-state index contributed by atoms with van der Waals surface area (Å²) in [6.07, 6.45) is 5.19. The lowest BCUT2D eigenvalue weighted by Crippen LogP contribution is -2.39. The van der Waals surface area contributed by atoms with Crippen LogP contribution in [-0.2, 0) is 4.74 Å². The zero-order chi connectivity index (χ0) is 13.6. The predicted octanol–water partition coefficient (Wildman–Crippen LogP) is 2.24. The number of hydrogen-bond acceptors (Lipinski definition) is 2. The summed E-state index contributed by atoms with van der Waals surface area (Å²) >= 11 is 0. The van der Waals surface area contributed by atoms with Crippen LogP contribution >= 0.6 is 0 Å². The van der Waals surface area contributed by atoms with Crippen molar-refractivity contribution in [3.05, 3.63) is 0 Å². The van der Waals surface area contributed by atoms with Gasteiger partial charge >= 0.3 is 0 Å². The van der Waals surface area contributed by atoms with E-state index in [1.54, 1.807) is 7.11 Å². The summed E-state index contributed by atoms with van der Waals surface area (Å²) in [6, 6.07) is 0. The highest BCUT2D eigenvalue weighted by Crippen LogP contribution is 2.22. The second kappa shape index (κ2) is 6.98. The van der Waals surface area contributed by atoms with Crippen molar-refractivity contribution in [3.63, 3.8) is 0 Å². The van der Waals surface area contributed by atoms with Gasteiger partial charge in [-0.1, -0.05) is 33.6 Å². The molecule has 1 rings (SSSR count). The molecule has 1 heterocycles. The van der Waals surface area contributed by atoms with Gasteiger partial charge in [0.25, 0.3) is 0 Å². The summed E-state index contributed by atoms with van der Waals surface area (Å²) in [5, 5.41) is 0. The van der Waals surface area contributed by atoms with Gasteiger partial charge in [-0.2, -0.15) is 0 Å². The molecular weight excluding hydrogens is 226 g/mol. The van der Waals surface area contributed by atoms with Gasteiger partial charge in [-0.15, -0.1) is 0 Å². The Bertz CT molecular complexity index is 263. The Kier molecular flexibility index (Phi) is 5.93. The first-order chi connectivity index (χ1) is 8.45. The fourth-order valence-corrected chi connectivity index (χ4v) is 2.28. The lowest BCUT2D eigenvalue weighted by Gasteiger charge is -2.29. The molecule has 0 aromatic heterocycles. The first-order valence-corrected chi connectivity index (χ1v) is 7.03. The molecule has 0 spiro atoms. The van der Waals surface area contributed by atoms with Crippen molar-refractivity contribution in [2.24, 2.45) is 16.1 Å². The quantitative estimate of drug-likeness (QED) is 0.621. The van der Waals surface area contributed by atoms with E-state index in [1.165, 1.54) is 25.7 Å². The van der Waals surface area contributed by atoms with Gasteiger partial charge in [-0.3, -0.25) is 4.99 Å². The van der Waals surface area contributed by atoms with Crippen LogP contribution in [0.3, 0.4) is 0 Å². The molecule has 1 saturated heterocycles. The molecule has 0 amide bonds. The third kappa shape index (κ3) is 4.84. The maximum absolute atomic E-state index is 6.08. The van der Waals surface area contributed by atoms with Crippen molar-refractivity contribution in [2.45, 2.75) is 52.6 Å². The number of aliphatic imine (C=N–C) groups is 1. The molecule has 4 nitrogen and oxygen atoms in total. The highest BCUT2D eigenvalue weighted by molar-refractivity contribution is 5.78. The van der Waals surface area contributed by atoms with E-state index in [2.05, 4.69) is 30.7 Å². The van der Waals surface area contributed by atoms with Gasteiger partial charge in [0.05, 0.1) is 12.6 Å². The van der Waals surface area contributed by atoms with Crippen LogP contribution in [0.2, 0.25) is 0 Å². The Morgan fingerprint density at radius 2 is 1.78 bits per heavy atom. The van der Waals surface area contributed by atoms with Gasteiger partial charge in [0.2, 0.25) is 0 Å². The highest BCUT2D eigenvalue weighted by Gasteiger charge is 2.24. The summed E-state index contributed by atoms with van der Waals surface area (Å²) in [5.41, 5.74) is 6.18. The van der Waals surface area contributed by atoms with Crippen molar-refractivity contribution in [1.29, 1.82) is 0 Å². The van der Waals surface area contributed by atoms with Crippen molar-refractivity contribution < 1.29 is 4.74 Å². The fourth-order valence-electron chi connectivity index (χ4n) is 2.28. The molecule has 18 heavy (non-hydrogen) atoms. The van der Waals surface area contributed by atoms with Crippen LogP contribution in [0, 0.1) is 5.41 Å². The molecule has 106 valence electrons. The zero-order valence-electron chi connectivity index (χ0n) is 12.4. The van der Waals surface area contributed by atoms with E-state index in [0.29, 0.717) is 12.5 Å². The number of methoxy groups -OCH3 is 1. The maximum atomic E-state index is 6.08. The Morgan fingerprint density at radius 1 is 1.22 bits per heavy atom. The van der Waals surface area contributed by atoms with Gasteiger partial charge in [0.15, 0.2) is 5.96 Å². The van der Waals surface area contributed by atoms with Crippen molar-refractivity contribution in [2.75, 3.05) is 26.7 Å². The fraction of sp³-hybridized carbons (Fsp3) is 0.929. The van der Waals surface area contributed by atoms with Crippen LogP contribution in [0.15, 0.2) is 4.99 Å². The van der Waals surface area contributed by atoms with Crippen molar-refractivity contribution >= 4 is 5.96 Å². The molecular formula is C14H29N3O. The topological polar surface area (TPSA) is 50.9 Å². The van der Waals surface area contributed by atoms with Crippen LogP contribution in [0.1, 0.15) is 46.5 Å². The molecule has 1 atom stereocenters. The molecule has 0 aliphatic carbocycles. The molecule has 2 N–H and O–H groups in total. The van der Waals surface area contributed by atoms with Gasteiger partial charge in [-0.25, -0.2) is 0 Å². The maximum Gasteiger partial charge on any atom is 0.191 e. The summed E-state index contributed by atoms with van der Waals surface area (Å²) in [4.78, 5) is 6.73. The standard InChI is InChI=1S/C14H29N3O/c1-14(2,3)12(18-4)11-16-13(15)17-9-7-5-6-8-10-17/h12H,5-11H2,1-4H3,(H2,15,16). The zero-order valence-corrected chi connectivity index (χ0v) is 12.4. The van der Waals surface area contributed by atoms with E-state index in [0.717, 1.165) is 13.1 Å². The molecule has 0 saturated carbocycles. The number of likely N-dealkylation sites (tertiary alicyclic amines) is 1. The summed E-state index contributed by atoms with van der Waals surface area (Å²) in [6.45, 7) is 9.23. The molecule has 0 bridgehead atoms. The Hall–Kier alpha value is -0.770. The minimum atomic E-state index is 0.0946. The minimum absolute atomic E-state index is 0.0946. The molecule has 0 aromatic rings. The van der Waals surface area contributed by atoms with E-state index >= 15 is 0 Å². The molecule has 1 fully saturated rings. The number of guanidine groups is 1. The minimum Gasteiger partial charge on any atom is -0.379 e. The second-order valence-electron chi connectivity index (χ2n) is 6.19. The van der Waals surface area contributed by atoms with Gasteiger partial charge in [0, 0.05) is 20.2 Å². The van der Waals surface area contributed by atoms with Crippen LogP contribution in [0.25, 0.3) is 0 Å². The predicted molar refractivity (Wildman–Crippen MR) is 76.8 cm³/mol. The number of hydrogen-bond donors (Lipinski definition) is 1. The van der Waals surface area contributed by atoms with E-state index in [1.807, 2.05) is 0 Å². The molecule has 0 radical (unpaired) electrons. The average molecular weight is 255 g/mol. The second-order valence-corrected chi connectivity index (χ2v) is 6.19. The summed E-state index contributed by atoms with van der Waals surface area (Å²) in [7, 11) is 1.74. The number of nitrogens with two attached hydrogens (primary N) is 1. The smallest absolute Gasteiger partial charge is 0.191 e. The van der Waals surface area contributed by atoms with Crippen molar-refractivity contribution in [1.82, 2.24) is 4.90 Å². The van der Waals surface area contributed by atoms with Crippen LogP contribution in [0.5, 0.6) is 0 Å². The monoisotopic (exact) mass is 255 g/mol. The van der Waals surface area contributed by atoms with Gasteiger partial charge in [0.1, 0.15) is 0 Å². The van der Waals surface area contributed by atoms with Gasteiger partial charge < -0.3 is 15.4 Å². The third-order valence-corrected chi connectivity index (χ3v) is 3.60. The summed E-state index contributed by atoms with van der Waals surface area (Å²) < 4.78 is 5.50. The average Bonchev–Trinajstić information content (AvgIpc) is 2.56. The van der Waals surface area contributed by atoms with Crippen LogP contribution < -0.4 is 5.73 Å². The Morgan fingerprint density at radius 3 is 2.22 bits per heavy atom. The lowest BCUT2D eigenvalue weighted by atomic mass is 9.89.